The van der Waals surface area contributed by atoms with Crippen LogP contribution in [0.25, 0.3) is 16.9 Å². The summed E-state index contributed by atoms with van der Waals surface area (Å²) in [4.78, 5) is 24.3. The molecule has 2 aromatic heterocycles. The van der Waals surface area contributed by atoms with Gasteiger partial charge in [-0.25, -0.2) is 15.3 Å². The Morgan fingerprint density at radius 1 is 1.00 bits per heavy atom. The van der Waals surface area contributed by atoms with Gasteiger partial charge in [-0.3, -0.25) is 9.30 Å². The number of amides is 2. The minimum atomic E-state index is -4.48. The van der Waals surface area contributed by atoms with E-state index < -0.39 is 18.8 Å². The van der Waals surface area contributed by atoms with Crippen molar-refractivity contribution in [2.45, 2.75) is 19.1 Å². The van der Waals surface area contributed by atoms with Crippen molar-refractivity contribution in [1.82, 2.24) is 25.1 Å². The summed E-state index contributed by atoms with van der Waals surface area (Å²) in [5.41, 5.74) is 8.02. The molecular formula is C30H35F3N6O3. The van der Waals surface area contributed by atoms with Crippen molar-refractivity contribution < 1.29 is 27.5 Å². The fourth-order valence-corrected chi connectivity index (χ4v) is 4.35. The van der Waals surface area contributed by atoms with Gasteiger partial charge < -0.3 is 20.2 Å². The number of imidazole rings is 1. The van der Waals surface area contributed by atoms with Crippen LogP contribution in [-0.2, 0) is 22.5 Å². The number of nitrogens with zero attached hydrogens (tertiary/aromatic N) is 3. The van der Waals surface area contributed by atoms with Crippen LogP contribution in [0, 0.1) is 0 Å². The highest BCUT2D eigenvalue weighted by Crippen LogP contribution is 2.24. The van der Waals surface area contributed by atoms with Crippen molar-refractivity contribution in [3.05, 3.63) is 90.3 Å². The lowest BCUT2D eigenvalue weighted by Gasteiger charge is -2.22. The maximum absolute atomic E-state index is 12.4. The van der Waals surface area contributed by atoms with Crippen LogP contribution in [0.15, 0.2) is 79.1 Å². The molecule has 0 saturated carbocycles. The standard InChI is InChI=1S/C30H35F3N6O3/c1-41-16-14-38(21-24-6-3-2-4-7-24)15-17-42-36-12-10-23-11-13-39-27(20-34-28(39)18-23)25-8-5-9-26(19-25)37-29(40)35-22-30(31,32)33/h2-9,11,13,18-20,36H,10,12,14-17,21-22H2,1H3,(H2,35,37,40). The zero-order chi connectivity index (χ0) is 29.8. The number of ether oxygens (including phenoxy) is 1. The second kappa shape index (κ2) is 15.3. The lowest BCUT2D eigenvalue weighted by atomic mass is 10.1. The minimum Gasteiger partial charge on any atom is -0.383 e. The van der Waals surface area contributed by atoms with Crippen molar-refractivity contribution in [1.29, 1.82) is 0 Å². The number of pyridine rings is 1. The number of hydroxylamine groups is 1. The van der Waals surface area contributed by atoms with Gasteiger partial charge in [-0.05, 0) is 41.8 Å². The third-order valence-corrected chi connectivity index (χ3v) is 6.43. The number of carbonyl (C=O) groups excluding carboxylic acids is 1. The Bertz CT molecular complexity index is 1410. The summed E-state index contributed by atoms with van der Waals surface area (Å²) in [6.45, 7) is 2.84. The molecular weight excluding hydrogens is 549 g/mol. The Hall–Kier alpha value is -3.97. The van der Waals surface area contributed by atoms with Gasteiger partial charge in [-0.1, -0.05) is 42.5 Å². The molecule has 2 amide bonds. The van der Waals surface area contributed by atoms with E-state index in [0.29, 0.717) is 25.4 Å². The molecule has 224 valence electrons. The molecule has 3 N–H and O–H groups in total. The smallest absolute Gasteiger partial charge is 0.383 e. The number of carbonyl (C=O) groups is 1. The Morgan fingerprint density at radius 3 is 2.60 bits per heavy atom. The summed E-state index contributed by atoms with van der Waals surface area (Å²) in [6.07, 6.45) is -0.107. The first kappa shape index (κ1) is 31.0. The van der Waals surface area contributed by atoms with Crippen LogP contribution in [0.4, 0.5) is 23.7 Å². The van der Waals surface area contributed by atoms with Gasteiger partial charge in [0.25, 0.3) is 0 Å². The molecule has 0 spiro atoms. The number of urea groups is 1. The van der Waals surface area contributed by atoms with E-state index in [1.165, 1.54) is 5.56 Å². The summed E-state index contributed by atoms with van der Waals surface area (Å²) < 4.78 is 44.2. The molecule has 2 heterocycles. The highest BCUT2D eigenvalue weighted by atomic mass is 19.4. The van der Waals surface area contributed by atoms with Crippen molar-refractivity contribution in [2.24, 2.45) is 0 Å². The van der Waals surface area contributed by atoms with E-state index in [-0.39, 0.29) is 0 Å². The lowest BCUT2D eigenvalue weighted by Crippen LogP contribution is -2.36. The van der Waals surface area contributed by atoms with Gasteiger partial charge in [0.2, 0.25) is 0 Å². The molecule has 9 nitrogen and oxygen atoms in total. The summed E-state index contributed by atoms with van der Waals surface area (Å²) in [5, 5.41) is 4.23. The van der Waals surface area contributed by atoms with Gasteiger partial charge in [0.1, 0.15) is 12.2 Å². The second-order valence-corrected chi connectivity index (χ2v) is 9.66. The molecule has 4 rings (SSSR count). The van der Waals surface area contributed by atoms with E-state index in [1.54, 1.807) is 36.8 Å². The molecule has 0 fully saturated rings. The number of fused-ring (bicyclic) bond motifs is 1. The number of rotatable bonds is 15. The molecule has 0 unspecified atom stereocenters. The Kier molecular flexibility index (Phi) is 11.3. The summed E-state index contributed by atoms with van der Waals surface area (Å²) >= 11 is 0. The van der Waals surface area contributed by atoms with Crippen LogP contribution in [0.5, 0.6) is 0 Å². The van der Waals surface area contributed by atoms with Crippen molar-refractivity contribution in [3.63, 3.8) is 0 Å². The van der Waals surface area contributed by atoms with E-state index >= 15 is 0 Å². The fraction of sp³-hybridized carbons (Fsp3) is 0.333. The predicted octanol–water partition coefficient (Wildman–Crippen LogP) is 4.90. The maximum atomic E-state index is 12.4. The second-order valence-electron chi connectivity index (χ2n) is 9.66. The molecule has 0 atom stereocenters. The van der Waals surface area contributed by atoms with Crippen LogP contribution in [0.2, 0.25) is 0 Å². The summed E-state index contributed by atoms with van der Waals surface area (Å²) in [5.74, 6) is 0. The van der Waals surface area contributed by atoms with Gasteiger partial charge in [-0.15, -0.1) is 0 Å². The Labute approximate surface area is 242 Å². The fourth-order valence-electron chi connectivity index (χ4n) is 4.35. The quantitative estimate of drug-likeness (QED) is 0.136. The van der Waals surface area contributed by atoms with Gasteiger partial charge in [-0.2, -0.15) is 13.2 Å². The third kappa shape index (κ3) is 9.84. The first-order chi connectivity index (χ1) is 20.3. The van der Waals surface area contributed by atoms with Crippen LogP contribution in [0.1, 0.15) is 11.1 Å². The van der Waals surface area contributed by atoms with Crippen LogP contribution in [0.3, 0.4) is 0 Å². The zero-order valence-corrected chi connectivity index (χ0v) is 23.4. The highest BCUT2D eigenvalue weighted by molar-refractivity contribution is 5.90. The summed E-state index contributed by atoms with van der Waals surface area (Å²) in [7, 11) is 1.70. The number of methoxy groups -OCH3 is 1. The molecule has 0 aliphatic carbocycles. The Morgan fingerprint density at radius 2 is 1.81 bits per heavy atom. The Balaban J connectivity index is 1.25. The normalized spacial score (nSPS) is 11.7. The lowest BCUT2D eigenvalue weighted by molar-refractivity contribution is -0.122. The van der Waals surface area contributed by atoms with E-state index in [0.717, 1.165) is 48.5 Å². The van der Waals surface area contributed by atoms with Gasteiger partial charge in [0, 0.05) is 50.7 Å². The van der Waals surface area contributed by atoms with Crippen LogP contribution in [-0.4, -0.2) is 73.0 Å². The number of aromatic nitrogens is 2. The minimum absolute atomic E-state index is 0.367. The van der Waals surface area contributed by atoms with Crippen molar-refractivity contribution in [2.75, 3.05) is 51.8 Å². The largest absolute Gasteiger partial charge is 0.405 e. The van der Waals surface area contributed by atoms with E-state index in [9.17, 15) is 18.0 Å². The van der Waals surface area contributed by atoms with Gasteiger partial charge >= 0.3 is 12.2 Å². The van der Waals surface area contributed by atoms with Crippen LogP contribution >= 0.6 is 0 Å². The van der Waals surface area contributed by atoms with Gasteiger partial charge in [0.15, 0.2) is 0 Å². The molecule has 0 radical (unpaired) electrons. The predicted molar refractivity (Wildman–Crippen MR) is 155 cm³/mol. The molecule has 0 aliphatic rings. The SMILES string of the molecule is COCCN(CCONCCc1ccn2c(-c3cccc(NC(=O)NCC(F)(F)F)c3)cnc2c1)Cc1ccccc1. The average molecular weight is 585 g/mol. The van der Waals surface area contributed by atoms with Gasteiger partial charge in [0.05, 0.1) is 25.1 Å². The molecule has 0 bridgehead atoms. The first-order valence-corrected chi connectivity index (χ1v) is 13.6. The van der Waals surface area contributed by atoms with E-state index in [2.05, 4.69) is 32.8 Å². The monoisotopic (exact) mass is 584 g/mol. The number of alkyl halides is 3. The van der Waals surface area contributed by atoms with Crippen LogP contribution < -0.4 is 16.1 Å². The highest BCUT2D eigenvalue weighted by Gasteiger charge is 2.27. The molecule has 12 heteroatoms. The zero-order valence-electron chi connectivity index (χ0n) is 23.4. The molecule has 0 aliphatic heterocycles. The number of nitrogens with one attached hydrogen (secondary N) is 3. The number of anilines is 1. The molecule has 4 aromatic rings. The average Bonchev–Trinajstić information content (AvgIpc) is 3.40. The van der Waals surface area contributed by atoms with E-state index in [4.69, 9.17) is 9.57 Å². The van der Waals surface area contributed by atoms with Crippen molar-refractivity contribution >= 4 is 17.4 Å². The third-order valence-electron chi connectivity index (χ3n) is 6.43. The topological polar surface area (TPSA) is 92.2 Å². The molecule has 2 aromatic carbocycles. The number of hydrogen-bond acceptors (Lipinski definition) is 6. The van der Waals surface area contributed by atoms with E-state index in [1.807, 2.05) is 47.0 Å². The van der Waals surface area contributed by atoms with Crippen molar-refractivity contribution in [3.8, 4) is 11.3 Å². The maximum Gasteiger partial charge on any atom is 0.405 e. The summed E-state index contributed by atoms with van der Waals surface area (Å²) in [6, 6.07) is 20.2. The number of benzene rings is 2. The molecule has 0 saturated heterocycles. The molecule has 42 heavy (non-hydrogen) atoms. The first-order valence-electron chi connectivity index (χ1n) is 13.6. The number of halogens is 3. The number of hydrogen-bond donors (Lipinski definition) is 3.